The number of carbonyl (C=O) groups excluding carboxylic acids is 2. The van der Waals surface area contributed by atoms with Crippen LogP contribution in [-0.4, -0.2) is 35.5 Å². The summed E-state index contributed by atoms with van der Waals surface area (Å²) in [7, 11) is 0. The van der Waals surface area contributed by atoms with Crippen molar-refractivity contribution in [3.63, 3.8) is 0 Å². The smallest absolute Gasteiger partial charge is 0.332 e. The van der Waals surface area contributed by atoms with E-state index in [1.54, 1.807) is 0 Å². The van der Waals surface area contributed by atoms with Crippen molar-refractivity contribution in [1.82, 2.24) is 4.90 Å². The Balaban J connectivity index is 1.54. The van der Waals surface area contributed by atoms with E-state index in [0.29, 0.717) is 25.5 Å². The second kappa shape index (κ2) is 4.83. The summed E-state index contributed by atoms with van der Waals surface area (Å²) in [6, 6.07) is 8.29. The van der Waals surface area contributed by atoms with E-state index < -0.39 is 5.54 Å². The van der Waals surface area contributed by atoms with Gasteiger partial charge in [-0.25, -0.2) is 4.79 Å². The molecule has 2 saturated heterocycles. The fourth-order valence-corrected chi connectivity index (χ4v) is 4.24. The molecule has 22 heavy (non-hydrogen) atoms. The summed E-state index contributed by atoms with van der Waals surface area (Å²) in [5.74, 6) is 0.337. The van der Waals surface area contributed by atoms with Crippen LogP contribution in [0.15, 0.2) is 24.3 Å². The molecule has 1 amide bonds. The summed E-state index contributed by atoms with van der Waals surface area (Å²) in [6.45, 7) is 3.25. The topological polar surface area (TPSA) is 46.6 Å². The number of hydrogen-bond donors (Lipinski definition) is 0. The first-order chi connectivity index (χ1) is 10.6. The predicted molar refractivity (Wildman–Crippen MR) is 81.3 cm³/mol. The Bertz CT molecular complexity index is 637. The molecule has 0 unspecified atom stereocenters. The first-order valence-electron chi connectivity index (χ1n) is 8.18. The molecule has 3 fully saturated rings. The van der Waals surface area contributed by atoms with Gasteiger partial charge in [0, 0.05) is 18.9 Å². The van der Waals surface area contributed by atoms with Gasteiger partial charge in [-0.2, -0.15) is 0 Å². The van der Waals surface area contributed by atoms with E-state index in [2.05, 4.69) is 19.1 Å². The molecule has 0 N–H and O–H groups in total. The number of ether oxygens (including phenoxy) is 1. The van der Waals surface area contributed by atoms with E-state index in [1.807, 2.05) is 17.0 Å². The first-order valence-corrected chi connectivity index (χ1v) is 8.18. The van der Waals surface area contributed by atoms with Crippen LogP contribution in [0.5, 0.6) is 0 Å². The summed E-state index contributed by atoms with van der Waals surface area (Å²) in [6.07, 6.45) is 3.24. The lowest BCUT2D eigenvalue weighted by atomic mass is 9.94. The standard InChI is InChI=1S/C18H21NO3/c1-12-5-2-3-6-13(12)14-11-15(14)16(20)19-9-4-7-18(19)8-10-22-17(18)21/h2-3,5-6,14-15H,4,7-11H2,1H3/t14-,15+,18-/m0/s1. The molecule has 0 aromatic heterocycles. The van der Waals surface area contributed by atoms with Crippen LogP contribution in [0.25, 0.3) is 0 Å². The minimum atomic E-state index is -0.643. The zero-order valence-electron chi connectivity index (χ0n) is 12.9. The molecule has 1 saturated carbocycles. The minimum Gasteiger partial charge on any atom is -0.464 e. The molecule has 1 aliphatic carbocycles. The van der Waals surface area contributed by atoms with Crippen LogP contribution >= 0.6 is 0 Å². The quantitative estimate of drug-likeness (QED) is 0.788. The Labute approximate surface area is 130 Å². The summed E-state index contributed by atoms with van der Waals surface area (Å²) >= 11 is 0. The SMILES string of the molecule is Cc1ccccc1[C@@H]1C[C@H]1C(=O)N1CCC[C@@]12CCOC2=O. The molecule has 1 spiro atoms. The minimum absolute atomic E-state index is 0.0458. The average molecular weight is 299 g/mol. The van der Waals surface area contributed by atoms with Crippen molar-refractivity contribution >= 4 is 11.9 Å². The second-order valence-corrected chi connectivity index (χ2v) is 6.82. The van der Waals surface area contributed by atoms with Crippen molar-refractivity contribution in [2.24, 2.45) is 5.92 Å². The molecule has 2 aliphatic heterocycles. The van der Waals surface area contributed by atoms with Gasteiger partial charge >= 0.3 is 5.97 Å². The number of carbonyl (C=O) groups is 2. The number of likely N-dealkylation sites (tertiary alicyclic amines) is 1. The van der Waals surface area contributed by atoms with Crippen LogP contribution in [0.4, 0.5) is 0 Å². The lowest BCUT2D eigenvalue weighted by Gasteiger charge is -2.31. The van der Waals surface area contributed by atoms with Crippen LogP contribution in [-0.2, 0) is 14.3 Å². The monoisotopic (exact) mass is 299 g/mol. The van der Waals surface area contributed by atoms with Gasteiger partial charge in [0.05, 0.1) is 6.61 Å². The maximum Gasteiger partial charge on any atom is 0.332 e. The van der Waals surface area contributed by atoms with E-state index in [9.17, 15) is 9.59 Å². The maximum atomic E-state index is 12.9. The van der Waals surface area contributed by atoms with Gasteiger partial charge in [0.2, 0.25) is 5.91 Å². The number of aryl methyl sites for hydroxylation is 1. The number of esters is 1. The van der Waals surface area contributed by atoms with Gasteiger partial charge < -0.3 is 9.64 Å². The van der Waals surface area contributed by atoms with E-state index in [1.165, 1.54) is 11.1 Å². The molecule has 1 aromatic rings. The van der Waals surface area contributed by atoms with Crippen molar-refractivity contribution in [1.29, 1.82) is 0 Å². The highest BCUT2D eigenvalue weighted by atomic mass is 16.5. The third kappa shape index (κ3) is 1.89. The third-order valence-electron chi connectivity index (χ3n) is 5.58. The number of benzene rings is 1. The van der Waals surface area contributed by atoms with Gasteiger partial charge in [-0.05, 0) is 43.2 Å². The van der Waals surface area contributed by atoms with Gasteiger partial charge in [0.1, 0.15) is 5.54 Å². The number of hydrogen-bond acceptors (Lipinski definition) is 3. The Kier molecular flexibility index (Phi) is 3.03. The van der Waals surface area contributed by atoms with E-state index >= 15 is 0 Å². The average Bonchev–Trinajstić information content (AvgIpc) is 3.06. The molecule has 3 aliphatic rings. The molecular formula is C18H21NO3. The molecule has 0 bridgehead atoms. The van der Waals surface area contributed by atoms with Crippen molar-refractivity contribution in [3.8, 4) is 0 Å². The maximum absolute atomic E-state index is 12.9. The van der Waals surface area contributed by atoms with E-state index in [4.69, 9.17) is 4.74 Å². The van der Waals surface area contributed by atoms with Crippen LogP contribution in [0, 0.1) is 12.8 Å². The number of nitrogens with zero attached hydrogens (tertiary/aromatic N) is 1. The molecule has 0 radical (unpaired) electrons. The Morgan fingerprint density at radius 1 is 1.32 bits per heavy atom. The summed E-state index contributed by atoms with van der Waals surface area (Å²) in [4.78, 5) is 26.9. The molecule has 4 nitrogen and oxygen atoms in total. The van der Waals surface area contributed by atoms with Gasteiger partial charge in [-0.15, -0.1) is 0 Å². The first kappa shape index (κ1) is 13.8. The largest absolute Gasteiger partial charge is 0.464 e. The van der Waals surface area contributed by atoms with Crippen LogP contribution in [0.3, 0.4) is 0 Å². The zero-order valence-corrected chi connectivity index (χ0v) is 12.9. The Hall–Kier alpha value is -1.84. The molecule has 2 heterocycles. The number of rotatable bonds is 2. The van der Waals surface area contributed by atoms with Crippen LogP contribution in [0.2, 0.25) is 0 Å². The normalized spacial score (nSPS) is 33.3. The molecule has 116 valence electrons. The summed E-state index contributed by atoms with van der Waals surface area (Å²) < 4.78 is 5.17. The molecule has 4 heteroatoms. The van der Waals surface area contributed by atoms with Crippen molar-refractivity contribution in [3.05, 3.63) is 35.4 Å². The second-order valence-electron chi connectivity index (χ2n) is 6.82. The zero-order chi connectivity index (χ0) is 15.3. The van der Waals surface area contributed by atoms with Gasteiger partial charge in [0.25, 0.3) is 0 Å². The number of cyclic esters (lactones) is 1. The molecular weight excluding hydrogens is 278 g/mol. The summed E-state index contributed by atoms with van der Waals surface area (Å²) in [5.41, 5.74) is 1.89. The fourth-order valence-electron chi connectivity index (χ4n) is 4.24. The highest BCUT2D eigenvalue weighted by Crippen LogP contribution is 2.51. The van der Waals surface area contributed by atoms with Gasteiger partial charge in [-0.3, -0.25) is 4.79 Å². The predicted octanol–water partition coefficient (Wildman–Crippen LogP) is 2.41. The lowest BCUT2D eigenvalue weighted by Crippen LogP contribution is -2.51. The van der Waals surface area contributed by atoms with Crippen molar-refractivity contribution < 1.29 is 14.3 Å². The van der Waals surface area contributed by atoms with E-state index in [-0.39, 0.29) is 17.8 Å². The van der Waals surface area contributed by atoms with E-state index in [0.717, 1.165) is 19.3 Å². The van der Waals surface area contributed by atoms with Crippen LogP contribution < -0.4 is 0 Å². The van der Waals surface area contributed by atoms with Gasteiger partial charge in [-0.1, -0.05) is 24.3 Å². The Morgan fingerprint density at radius 3 is 2.86 bits per heavy atom. The highest BCUT2D eigenvalue weighted by Gasteiger charge is 2.57. The number of amides is 1. The highest BCUT2D eigenvalue weighted by molar-refractivity contribution is 5.92. The van der Waals surface area contributed by atoms with Crippen LogP contribution in [0.1, 0.15) is 42.7 Å². The third-order valence-corrected chi connectivity index (χ3v) is 5.58. The summed E-state index contributed by atoms with van der Waals surface area (Å²) in [5, 5.41) is 0. The fraction of sp³-hybridized carbons (Fsp3) is 0.556. The molecule has 4 rings (SSSR count). The van der Waals surface area contributed by atoms with Crippen molar-refractivity contribution in [2.45, 2.75) is 44.1 Å². The molecule has 3 atom stereocenters. The van der Waals surface area contributed by atoms with Gasteiger partial charge in [0.15, 0.2) is 0 Å². The lowest BCUT2D eigenvalue weighted by molar-refractivity contribution is -0.153. The Morgan fingerprint density at radius 2 is 2.14 bits per heavy atom. The molecule has 1 aromatic carbocycles. The van der Waals surface area contributed by atoms with Crippen molar-refractivity contribution in [2.75, 3.05) is 13.2 Å².